The number of aromatic carboxylic acids is 1. The Kier molecular flexibility index (Phi) is 5.83. The van der Waals surface area contributed by atoms with E-state index in [9.17, 15) is 27.1 Å². The Bertz CT molecular complexity index is 899. The van der Waals surface area contributed by atoms with Crippen molar-refractivity contribution in [3.05, 3.63) is 53.6 Å². The molecular formula is C16H15F2NO5S. The molecule has 134 valence electrons. The van der Waals surface area contributed by atoms with Crippen LogP contribution in [0.2, 0.25) is 0 Å². The maximum Gasteiger partial charge on any atom is 0.335 e. The maximum atomic E-state index is 14.0. The van der Waals surface area contributed by atoms with Crippen LogP contribution < -0.4 is 4.72 Å². The summed E-state index contributed by atoms with van der Waals surface area (Å²) in [5.74, 6) is -3.71. The normalized spacial score (nSPS) is 11.5. The predicted molar refractivity (Wildman–Crippen MR) is 85.8 cm³/mol. The average Bonchev–Trinajstić information content (AvgIpc) is 2.57. The lowest BCUT2D eigenvalue weighted by atomic mass is 10.0. The van der Waals surface area contributed by atoms with Gasteiger partial charge in [-0.15, -0.1) is 0 Å². The minimum Gasteiger partial charge on any atom is -0.478 e. The first kappa shape index (κ1) is 19.0. The average molecular weight is 371 g/mol. The molecule has 0 spiro atoms. The number of carbonyl (C=O) groups is 1. The highest BCUT2D eigenvalue weighted by molar-refractivity contribution is 7.89. The van der Waals surface area contributed by atoms with Gasteiger partial charge in [0.25, 0.3) is 0 Å². The fourth-order valence-electron chi connectivity index (χ4n) is 2.12. The molecule has 0 fully saturated rings. The molecule has 0 saturated heterocycles. The van der Waals surface area contributed by atoms with Crippen molar-refractivity contribution in [2.45, 2.75) is 4.90 Å². The molecule has 0 saturated carbocycles. The molecule has 0 heterocycles. The van der Waals surface area contributed by atoms with Crippen LogP contribution in [0.15, 0.2) is 41.3 Å². The van der Waals surface area contributed by atoms with Crippen molar-refractivity contribution in [2.24, 2.45) is 0 Å². The highest BCUT2D eigenvalue weighted by atomic mass is 32.2. The fraction of sp³-hybridized carbons (Fsp3) is 0.188. The van der Waals surface area contributed by atoms with Crippen molar-refractivity contribution in [1.29, 1.82) is 0 Å². The lowest BCUT2D eigenvalue weighted by Gasteiger charge is -2.11. The number of benzene rings is 2. The van der Waals surface area contributed by atoms with Crippen LogP contribution in [0, 0.1) is 11.6 Å². The molecule has 2 aromatic rings. The van der Waals surface area contributed by atoms with Gasteiger partial charge in [-0.25, -0.2) is 26.7 Å². The van der Waals surface area contributed by atoms with Gasteiger partial charge in [-0.1, -0.05) is 12.1 Å². The molecule has 0 radical (unpaired) electrons. The molecule has 0 amide bonds. The molecule has 0 atom stereocenters. The second-order valence-corrected chi connectivity index (χ2v) is 6.81. The molecule has 9 heteroatoms. The summed E-state index contributed by atoms with van der Waals surface area (Å²) in [6, 6.07) is 6.48. The van der Waals surface area contributed by atoms with E-state index in [-0.39, 0.29) is 34.7 Å². The van der Waals surface area contributed by atoms with Crippen LogP contribution in [0.1, 0.15) is 10.4 Å². The molecular weight excluding hydrogens is 356 g/mol. The topological polar surface area (TPSA) is 92.7 Å². The smallest absolute Gasteiger partial charge is 0.335 e. The minimum atomic E-state index is -4.05. The number of rotatable bonds is 7. The van der Waals surface area contributed by atoms with Crippen LogP contribution in [0.5, 0.6) is 0 Å². The molecule has 0 bridgehead atoms. The van der Waals surface area contributed by atoms with Gasteiger partial charge in [0.1, 0.15) is 0 Å². The molecule has 2 aromatic carbocycles. The third-order valence-corrected chi connectivity index (χ3v) is 4.77. The highest BCUT2D eigenvalue weighted by Crippen LogP contribution is 2.28. The largest absolute Gasteiger partial charge is 0.478 e. The van der Waals surface area contributed by atoms with Crippen LogP contribution in [0.3, 0.4) is 0 Å². The zero-order valence-electron chi connectivity index (χ0n) is 13.1. The predicted octanol–water partition coefficient (Wildman–Crippen LogP) is 2.25. The number of ether oxygens (including phenoxy) is 1. The zero-order chi connectivity index (χ0) is 18.6. The molecule has 0 aliphatic heterocycles. The third kappa shape index (κ3) is 4.38. The Balaban J connectivity index is 2.58. The molecule has 0 aromatic heterocycles. The van der Waals surface area contributed by atoms with Gasteiger partial charge in [-0.05, 0) is 29.8 Å². The van der Waals surface area contributed by atoms with E-state index in [0.29, 0.717) is 0 Å². The van der Waals surface area contributed by atoms with E-state index in [1.54, 1.807) is 0 Å². The molecule has 25 heavy (non-hydrogen) atoms. The molecule has 0 unspecified atom stereocenters. The van der Waals surface area contributed by atoms with Crippen LogP contribution in [-0.4, -0.2) is 39.8 Å². The second-order valence-electron chi connectivity index (χ2n) is 5.04. The second kappa shape index (κ2) is 7.68. The molecule has 2 rings (SSSR count). The summed E-state index contributed by atoms with van der Waals surface area (Å²) in [5, 5.41) is 9.18. The van der Waals surface area contributed by atoms with Gasteiger partial charge in [0.05, 0.1) is 17.1 Å². The van der Waals surface area contributed by atoms with Gasteiger partial charge in [0.2, 0.25) is 10.0 Å². The number of hydrogen-bond donors (Lipinski definition) is 2. The van der Waals surface area contributed by atoms with E-state index in [1.165, 1.54) is 19.2 Å². The highest BCUT2D eigenvalue weighted by Gasteiger charge is 2.20. The Labute approximate surface area is 143 Å². The zero-order valence-corrected chi connectivity index (χ0v) is 13.9. The van der Waals surface area contributed by atoms with E-state index in [2.05, 4.69) is 4.72 Å². The number of methoxy groups -OCH3 is 1. The minimum absolute atomic E-state index is 0.0280. The van der Waals surface area contributed by atoms with Crippen molar-refractivity contribution in [3.63, 3.8) is 0 Å². The van der Waals surface area contributed by atoms with Crippen molar-refractivity contribution in [2.75, 3.05) is 20.3 Å². The van der Waals surface area contributed by atoms with Gasteiger partial charge in [0.15, 0.2) is 11.6 Å². The summed E-state index contributed by atoms with van der Waals surface area (Å²) < 4.78 is 59.0. The first-order valence-electron chi connectivity index (χ1n) is 7.07. The Hall–Kier alpha value is -2.36. The molecule has 0 aliphatic rings. The van der Waals surface area contributed by atoms with Crippen LogP contribution in [0.25, 0.3) is 11.1 Å². The van der Waals surface area contributed by atoms with E-state index in [1.807, 2.05) is 0 Å². The van der Waals surface area contributed by atoms with Crippen molar-refractivity contribution >= 4 is 16.0 Å². The summed E-state index contributed by atoms with van der Waals surface area (Å²) in [6.45, 7) is 0.0863. The molecule has 0 aliphatic carbocycles. The SMILES string of the molecule is COCCNS(=O)(=O)c1cc(C(=O)O)cc(-c2cccc(F)c2F)c1. The van der Waals surface area contributed by atoms with Gasteiger partial charge >= 0.3 is 5.97 Å². The Morgan fingerprint density at radius 2 is 1.96 bits per heavy atom. The summed E-state index contributed by atoms with van der Waals surface area (Å²) in [6.07, 6.45) is 0. The van der Waals surface area contributed by atoms with Gasteiger partial charge in [-0.3, -0.25) is 0 Å². The monoisotopic (exact) mass is 371 g/mol. The summed E-state index contributed by atoms with van der Waals surface area (Å²) in [7, 11) is -2.66. The third-order valence-electron chi connectivity index (χ3n) is 3.32. The number of hydrogen-bond acceptors (Lipinski definition) is 4. The van der Waals surface area contributed by atoms with Gasteiger partial charge < -0.3 is 9.84 Å². The maximum absolute atomic E-state index is 14.0. The number of sulfonamides is 1. The van der Waals surface area contributed by atoms with E-state index >= 15 is 0 Å². The number of nitrogens with one attached hydrogen (secondary N) is 1. The summed E-state index contributed by atoms with van der Waals surface area (Å²) >= 11 is 0. The van der Waals surface area contributed by atoms with Gasteiger partial charge in [-0.2, -0.15) is 0 Å². The first-order valence-corrected chi connectivity index (χ1v) is 8.56. The van der Waals surface area contributed by atoms with Gasteiger partial charge in [0, 0.05) is 19.2 Å². The standard InChI is InChI=1S/C16H15F2NO5S/c1-24-6-5-19-25(22,23)12-8-10(7-11(9-12)16(20)21)13-3-2-4-14(17)15(13)18/h2-4,7-9,19H,5-6H2,1H3,(H,20,21). The van der Waals surface area contributed by atoms with Crippen molar-refractivity contribution < 1.29 is 31.8 Å². The number of carboxylic acid groups (broad SMARTS) is 1. The summed E-state index contributed by atoms with van der Waals surface area (Å²) in [4.78, 5) is 10.9. The van der Waals surface area contributed by atoms with Crippen molar-refractivity contribution in [3.8, 4) is 11.1 Å². The van der Waals surface area contributed by atoms with Crippen molar-refractivity contribution in [1.82, 2.24) is 4.72 Å². The molecule has 2 N–H and O–H groups in total. The van der Waals surface area contributed by atoms with Crippen LogP contribution in [-0.2, 0) is 14.8 Å². The van der Waals surface area contributed by atoms with Crippen LogP contribution in [0.4, 0.5) is 8.78 Å². The summed E-state index contributed by atoms with van der Waals surface area (Å²) in [5.41, 5.74) is -0.672. The number of carboxylic acids is 1. The lowest BCUT2D eigenvalue weighted by molar-refractivity contribution is 0.0696. The van der Waals surface area contributed by atoms with E-state index in [0.717, 1.165) is 24.3 Å². The van der Waals surface area contributed by atoms with Crippen LogP contribution >= 0.6 is 0 Å². The fourth-order valence-corrected chi connectivity index (χ4v) is 3.20. The Morgan fingerprint density at radius 1 is 1.24 bits per heavy atom. The quantitative estimate of drug-likeness (QED) is 0.729. The lowest BCUT2D eigenvalue weighted by Crippen LogP contribution is -2.27. The Morgan fingerprint density at radius 3 is 2.60 bits per heavy atom. The van der Waals surface area contributed by atoms with E-state index < -0.39 is 27.6 Å². The number of halogens is 2. The first-order chi connectivity index (χ1) is 11.8. The van der Waals surface area contributed by atoms with E-state index in [4.69, 9.17) is 4.74 Å². The molecule has 6 nitrogen and oxygen atoms in total.